The largest absolute Gasteiger partial charge is 0.298 e. The maximum atomic E-state index is 11.2. The van der Waals surface area contributed by atoms with Crippen LogP contribution in [0, 0.1) is 6.92 Å². The van der Waals surface area contributed by atoms with Gasteiger partial charge in [0.25, 0.3) is 0 Å². The Labute approximate surface area is 105 Å². The molecule has 0 heterocycles. The third-order valence-corrected chi connectivity index (χ3v) is 3.37. The topological polar surface area (TPSA) is 17.1 Å². The van der Waals surface area contributed by atoms with Crippen molar-refractivity contribution in [2.75, 3.05) is 0 Å². The molecule has 0 bridgehead atoms. The first-order chi connectivity index (χ1) is 8.24. The highest BCUT2D eigenvalue weighted by molar-refractivity contribution is 5.80. The summed E-state index contributed by atoms with van der Waals surface area (Å²) in [5.41, 5.74) is 4.74. The van der Waals surface area contributed by atoms with Crippen LogP contribution in [0.2, 0.25) is 0 Å². The summed E-state index contributed by atoms with van der Waals surface area (Å²) >= 11 is 0. The zero-order chi connectivity index (χ0) is 12.7. The Morgan fingerprint density at radius 3 is 2.29 bits per heavy atom. The molecule has 94 valence electrons. The van der Waals surface area contributed by atoms with Crippen LogP contribution in [0.4, 0.5) is 0 Å². The maximum Gasteiger partial charge on any atom is 0.150 e. The molecule has 0 radical (unpaired) electrons. The van der Waals surface area contributed by atoms with Crippen molar-refractivity contribution in [1.82, 2.24) is 0 Å². The number of carbonyl (C=O) groups excluding carboxylic acids is 1. The quantitative estimate of drug-likeness (QED) is 0.633. The normalized spacial score (nSPS) is 10.5. The van der Waals surface area contributed by atoms with Crippen LogP contribution in [0.1, 0.15) is 66.6 Å². The van der Waals surface area contributed by atoms with Gasteiger partial charge in [-0.05, 0) is 49.3 Å². The molecule has 1 aromatic carbocycles. The molecule has 0 aliphatic carbocycles. The molecule has 0 amide bonds. The van der Waals surface area contributed by atoms with Gasteiger partial charge in [0, 0.05) is 5.56 Å². The van der Waals surface area contributed by atoms with E-state index in [4.69, 9.17) is 0 Å². The summed E-state index contributed by atoms with van der Waals surface area (Å²) in [5.74, 6) is 0. The minimum atomic E-state index is 0.937. The van der Waals surface area contributed by atoms with E-state index in [0.29, 0.717) is 0 Å². The predicted octanol–water partition coefficient (Wildman–Crippen LogP) is 4.49. The number of rotatable bonds is 7. The zero-order valence-corrected chi connectivity index (χ0v) is 11.4. The fraction of sp³-hybridized carbons (Fsp3) is 0.562. The smallest absolute Gasteiger partial charge is 0.150 e. The lowest BCUT2D eigenvalue weighted by molar-refractivity contribution is 0.112. The Morgan fingerprint density at radius 1 is 1.06 bits per heavy atom. The van der Waals surface area contributed by atoms with Gasteiger partial charge in [-0.15, -0.1) is 0 Å². The molecular formula is C16H24O. The van der Waals surface area contributed by atoms with Gasteiger partial charge in [-0.25, -0.2) is 0 Å². The van der Waals surface area contributed by atoms with E-state index >= 15 is 0 Å². The van der Waals surface area contributed by atoms with E-state index < -0.39 is 0 Å². The van der Waals surface area contributed by atoms with Crippen LogP contribution < -0.4 is 0 Å². The summed E-state index contributed by atoms with van der Waals surface area (Å²) in [5, 5.41) is 0. The standard InChI is InChI=1S/C16H24O/c1-4-6-8-14-11-10-13(3)16(12-17)15(14)9-7-5-2/h10-12H,4-9H2,1-3H3. The van der Waals surface area contributed by atoms with E-state index in [1.807, 2.05) is 6.92 Å². The second kappa shape index (κ2) is 7.26. The lowest BCUT2D eigenvalue weighted by Crippen LogP contribution is -2.02. The molecule has 17 heavy (non-hydrogen) atoms. The number of benzene rings is 1. The van der Waals surface area contributed by atoms with Crippen LogP contribution >= 0.6 is 0 Å². The molecule has 1 aromatic rings. The van der Waals surface area contributed by atoms with Gasteiger partial charge in [0.1, 0.15) is 0 Å². The lowest BCUT2D eigenvalue weighted by Gasteiger charge is -2.13. The van der Waals surface area contributed by atoms with Crippen LogP contribution in [0.15, 0.2) is 12.1 Å². The Balaban J connectivity index is 3.05. The Hall–Kier alpha value is -1.11. The van der Waals surface area contributed by atoms with Gasteiger partial charge in [-0.2, -0.15) is 0 Å². The first-order valence-electron chi connectivity index (χ1n) is 6.81. The van der Waals surface area contributed by atoms with Crippen LogP contribution in [-0.4, -0.2) is 6.29 Å². The SMILES string of the molecule is CCCCc1ccc(C)c(C=O)c1CCCC. The van der Waals surface area contributed by atoms with Gasteiger partial charge in [0.2, 0.25) is 0 Å². The number of aryl methyl sites for hydroxylation is 2. The van der Waals surface area contributed by atoms with Crippen molar-refractivity contribution in [3.8, 4) is 0 Å². The molecule has 0 fully saturated rings. The molecule has 0 aromatic heterocycles. The summed E-state index contributed by atoms with van der Waals surface area (Å²) in [4.78, 5) is 11.2. The Bertz CT molecular complexity index is 366. The number of carbonyl (C=O) groups is 1. The molecule has 0 saturated carbocycles. The Morgan fingerprint density at radius 2 is 1.71 bits per heavy atom. The van der Waals surface area contributed by atoms with Crippen molar-refractivity contribution in [3.63, 3.8) is 0 Å². The fourth-order valence-electron chi connectivity index (χ4n) is 2.24. The van der Waals surface area contributed by atoms with Crippen LogP contribution in [0.3, 0.4) is 0 Å². The number of aldehydes is 1. The van der Waals surface area contributed by atoms with Gasteiger partial charge in [0.15, 0.2) is 6.29 Å². The van der Waals surface area contributed by atoms with E-state index in [0.717, 1.165) is 30.3 Å². The highest BCUT2D eigenvalue weighted by atomic mass is 16.1. The average Bonchev–Trinajstić information content (AvgIpc) is 2.35. The van der Waals surface area contributed by atoms with Gasteiger partial charge in [-0.3, -0.25) is 4.79 Å². The van der Waals surface area contributed by atoms with Gasteiger partial charge in [-0.1, -0.05) is 38.8 Å². The van der Waals surface area contributed by atoms with E-state index in [2.05, 4.69) is 26.0 Å². The summed E-state index contributed by atoms with van der Waals surface area (Å²) in [7, 11) is 0. The molecule has 0 N–H and O–H groups in total. The number of hydrogen-bond donors (Lipinski definition) is 0. The zero-order valence-electron chi connectivity index (χ0n) is 11.4. The van der Waals surface area contributed by atoms with Crippen LogP contribution in [0.25, 0.3) is 0 Å². The van der Waals surface area contributed by atoms with Gasteiger partial charge in [0.05, 0.1) is 0 Å². The first kappa shape index (κ1) is 14.0. The summed E-state index contributed by atoms with van der Waals surface area (Å²) in [6, 6.07) is 4.30. The van der Waals surface area contributed by atoms with Crippen molar-refractivity contribution >= 4 is 6.29 Å². The van der Waals surface area contributed by atoms with Gasteiger partial charge < -0.3 is 0 Å². The Kier molecular flexibility index (Phi) is 5.96. The first-order valence-corrected chi connectivity index (χ1v) is 6.81. The van der Waals surface area contributed by atoms with Crippen molar-refractivity contribution in [3.05, 3.63) is 34.4 Å². The molecule has 0 aliphatic rings. The molecule has 0 atom stereocenters. The van der Waals surface area contributed by atoms with E-state index in [-0.39, 0.29) is 0 Å². The van der Waals surface area contributed by atoms with E-state index in [1.54, 1.807) is 0 Å². The highest BCUT2D eigenvalue weighted by Gasteiger charge is 2.10. The number of hydrogen-bond acceptors (Lipinski definition) is 1. The third-order valence-electron chi connectivity index (χ3n) is 3.37. The molecule has 0 saturated heterocycles. The average molecular weight is 232 g/mol. The highest BCUT2D eigenvalue weighted by Crippen LogP contribution is 2.21. The molecular weight excluding hydrogens is 208 g/mol. The minimum absolute atomic E-state index is 0.937. The van der Waals surface area contributed by atoms with Crippen molar-refractivity contribution in [2.45, 2.75) is 59.3 Å². The summed E-state index contributed by atoms with van der Waals surface area (Å²) in [6.45, 7) is 6.44. The van der Waals surface area contributed by atoms with Crippen LogP contribution in [-0.2, 0) is 12.8 Å². The molecule has 0 spiro atoms. The molecule has 0 aliphatic heterocycles. The second-order valence-electron chi connectivity index (χ2n) is 4.76. The van der Waals surface area contributed by atoms with Gasteiger partial charge >= 0.3 is 0 Å². The third kappa shape index (κ3) is 3.69. The minimum Gasteiger partial charge on any atom is -0.298 e. The lowest BCUT2D eigenvalue weighted by atomic mass is 9.91. The fourth-order valence-corrected chi connectivity index (χ4v) is 2.24. The van der Waals surface area contributed by atoms with Crippen molar-refractivity contribution < 1.29 is 4.79 Å². The maximum absolute atomic E-state index is 11.2. The van der Waals surface area contributed by atoms with E-state index in [1.165, 1.54) is 36.8 Å². The molecule has 1 heteroatoms. The van der Waals surface area contributed by atoms with Crippen molar-refractivity contribution in [1.29, 1.82) is 0 Å². The monoisotopic (exact) mass is 232 g/mol. The number of unbranched alkanes of at least 4 members (excludes halogenated alkanes) is 2. The molecule has 1 nitrogen and oxygen atoms in total. The second-order valence-corrected chi connectivity index (χ2v) is 4.76. The predicted molar refractivity (Wildman–Crippen MR) is 73.8 cm³/mol. The molecule has 0 unspecified atom stereocenters. The molecule has 1 rings (SSSR count). The van der Waals surface area contributed by atoms with Crippen molar-refractivity contribution in [2.24, 2.45) is 0 Å². The van der Waals surface area contributed by atoms with E-state index in [9.17, 15) is 4.79 Å². The van der Waals surface area contributed by atoms with Crippen LogP contribution in [0.5, 0.6) is 0 Å². The summed E-state index contributed by atoms with van der Waals surface area (Å²) in [6.07, 6.45) is 7.96. The summed E-state index contributed by atoms with van der Waals surface area (Å²) < 4.78 is 0.